The lowest BCUT2D eigenvalue weighted by Gasteiger charge is -2.36. The summed E-state index contributed by atoms with van der Waals surface area (Å²) in [5.74, 6) is 0.606. The van der Waals surface area contributed by atoms with Gasteiger partial charge in [-0.05, 0) is 44.4 Å². The normalized spacial score (nSPS) is 22.2. The van der Waals surface area contributed by atoms with Crippen LogP contribution in [0.25, 0.3) is 0 Å². The van der Waals surface area contributed by atoms with Crippen molar-refractivity contribution < 1.29 is 18.0 Å². The van der Waals surface area contributed by atoms with E-state index in [4.69, 9.17) is 0 Å². The van der Waals surface area contributed by atoms with Crippen molar-refractivity contribution in [2.45, 2.75) is 31.6 Å². The Morgan fingerprint density at radius 3 is 2.25 bits per heavy atom. The summed E-state index contributed by atoms with van der Waals surface area (Å²) in [6.07, 6.45) is 2.34. The topological polar surface area (TPSA) is 78.0 Å². The molecule has 2 heterocycles. The summed E-state index contributed by atoms with van der Waals surface area (Å²) in [7, 11) is -3.61. The molecule has 0 bridgehead atoms. The van der Waals surface area contributed by atoms with Crippen LogP contribution in [-0.2, 0) is 14.8 Å². The van der Waals surface area contributed by atoms with Gasteiger partial charge in [-0.3, -0.25) is 14.5 Å². The monoisotopic (exact) mass is 407 g/mol. The van der Waals surface area contributed by atoms with Crippen molar-refractivity contribution in [1.29, 1.82) is 0 Å². The van der Waals surface area contributed by atoms with Crippen LogP contribution in [0.5, 0.6) is 0 Å². The molecule has 2 saturated heterocycles. The number of amides is 1. The Morgan fingerprint density at radius 2 is 1.68 bits per heavy atom. The van der Waals surface area contributed by atoms with Crippen molar-refractivity contribution >= 4 is 21.7 Å². The maximum atomic E-state index is 12.8. The van der Waals surface area contributed by atoms with Gasteiger partial charge in [-0.25, -0.2) is 8.42 Å². The average Bonchev–Trinajstić information content (AvgIpc) is 2.68. The van der Waals surface area contributed by atoms with Gasteiger partial charge in [0.2, 0.25) is 15.9 Å². The average molecular weight is 408 g/mol. The molecule has 0 radical (unpaired) electrons. The molecule has 0 saturated carbocycles. The fourth-order valence-electron chi connectivity index (χ4n) is 3.91. The van der Waals surface area contributed by atoms with E-state index < -0.39 is 10.0 Å². The van der Waals surface area contributed by atoms with Gasteiger partial charge >= 0.3 is 0 Å². The standard InChI is InChI=1S/C20H29N3O4S/c1-16-4-3-9-21(14-16)15-20(25)22-10-12-23(13-11-22)28(26,27)19-7-5-18(6-8-19)17(2)24/h5-8,16H,3-4,9-15H2,1-2H3. The van der Waals surface area contributed by atoms with E-state index >= 15 is 0 Å². The lowest BCUT2D eigenvalue weighted by Crippen LogP contribution is -2.53. The number of piperidine rings is 1. The Labute approximate surface area is 167 Å². The number of carbonyl (C=O) groups excluding carboxylic acids is 2. The largest absolute Gasteiger partial charge is 0.339 e. The summed E-state index contributed by atoms with van der Waals surface area (Å²) >= 11 is 0. The van der Waals surface area contributed by atoms with Crippen LogP contribution in [0.2, 0.25) is 0 Å². The molecule has 1 aromatic carbocycles. The van der Waals surface area contributed by atoms with E-state index in [1.807, 2.05) is 0 Å². The third-order valence-electron chi connectivity index (χ3n) is 5.59. The number of likely N-dealkylation sites (tertiary alicyclic amines) is 1. The number of rotatable bonds is 5. The highest BCUT2D eigenvalue weighted by molar-refractivity contribution is 7.89. The Balaban J connectivity index is 1.56. The quantitative estimate of drug-likeness (QED) is 0.691. The van der Waals surface area contributed by atoms with Gasteiger partial charge in [0.1, 0.15) is 0 Å². The Kier molecular flexibility index (Phi) is 6.52. The highest BCUT2D eigenvalue weighted by atomic mass is 32.2. The van der Waals surface area contributed by atoms with Crippen LogP contribution in [0, 0.1) is 5.92 Å². The predicted molar refractivity (Wildman–Crippen MR) is 107 cm³/mol. The summed E-state index contributed by atoms with van der Waals surface area (Å²) < 4.78 is 27.1. The molecule has 2 fully saturated rings. The first-order valence-electron chi connectivity index (χ1n) is 9.88. The number of ketones is 1. The van der Waals surface area contributed by atoms with Crippen LogP contribution < -0.4 is 0 Å². The van der Waals surface area contributed by atoms with Gasteiger partial charge in [-0.2, -0.15) is 4.31 Å². The molecule has 0 N–H and O–H groups in total. The minimum absolute atomic E-state index is 0.0805. The van der Waals surface area contributed by atoms with Crippen molar-refractivity contribution in [3.8, 4) is 0 Å². The first-order valence-corrected chi connectivity index (χ1v) is 11.3. The predicted octanol–water partition coefficient (Wildman–Crippen LogP) is 1.45. The fraction of sp³-hybridized carbons (Fsp3) is 0.600. The Hall–Kier alpha value is -1.77. The molecule has 1 atom stereocenters. The second-order valence-electron chi connectivity index (χ2n) is 7.85. The number of carbonyl (C=O) groups is 2. The van der Waals surface area contributed by atoms with E-state index in [-0.39, 0.29) is 16.6 Å². The van der Waals surface area contributed by atoms with E-state index in [9.17, 15) is 18.0 Å². The number of nitrogens with zero attached hydrogens (tertiary/aromatic N) is 3. The summed E-state index contributed by atoms with van der Waals surface area (Å²) in [5.41, 5.74) is 0.487. The van der Waals surface area contributed by atoms with Gasteiger partial charge < -0.3 is 4.90 Å². The molecule has 2 aliphatic rings. The number of sulfonamides is 1. The van der Waals surface area contributed by atoms with Crippen molar-refractivity contribution in [3.63, 3.8) is 0 Å². The fourth-order valence-corrected chi connectivity index (χ4v) is 5.33. The van der Waals surface area contributed by atoms with Crippen molar-refractivity contribution in [2.75, 3.05) is 45.8 Å². The Bertz CT molecular complexity index is 814. The third kappa shape index (κ3) is 4.79. The summed E-state index contributed by atoms with van der Waals surface area (Å²) in [6, 6.07) is 6.02. The van der Waals surface area contributed by atoms with Gasteiger partial charge in [-0.1, -0.05) is 19.1 Å². The molecule has 154 valence electrons. The first kappa shape index (κ1) is 21.0. The van der Waals surface area contributed by atoms with Crippen LogP contribution in [-0.4, -0.2) is 80.0 Å². The minimum Gasteiger partial charge on any atom is -0.339 e. The van der Waals surface area contributed by atoms with Gasteiger partial charge in [0.15, 0.2) is 5.78 Å². The highest BCUT2D eigenvalue weighted by Crippen LogP contribution is 2.19. The SMILES string of the molecule is CC(=O)c1ccc(S(=O)(=O)N2CCN(C(=O)CN3CCCC(C)C3)CC2)cc1. The molecule has 7 nitrogen and oxygen atoms in total. The number of hydrogen-bond acceptors (Lipinski definition) is 5. The van der Waals surface area contributed by atoms with Gasteiger partial charge in [-0.15, -0.1) is 0 Å². The van der Waals surface area contributed by atoms with Crippen LogP contribution in [0.4, 0.5) is 0 Å². The molecule has 0 spiro atoms. The van der Waals surface area contributed by atoms with Crippen molar-refractivity contribution in [3.05, 3.63) is 29.8 Å². The molecule has 8 heteroatoms. The summed E-state index contributed by atoms with van der Waals surface area (Å²) in [6.45, 7) is 7.39. The lowest BCUT2D eigenvalue weighted by atomic mass is 10.0. The number of benzene rings is 1. The van der Waals surface area contributed by atoms with E-state index in [1.165, 1.54) is 41.9 Å². The molecule has 1 aromatic rings. The molecule has 1 amide bonds. The van der Waals surface area contributed by atoms with Crippen LogP contribution >= 0.6 is 0 Å². The smallest absolute Gasteiger partial charge is 0.243 e. The van der Waals surface area contributed by atoms with Gasteiger partial charge in [0.05, 0.1) is 11.4 Å². The van der Waals surface area contributed by atoms with Gasteiger partial charge in [0.25, 0.3) is 0 Å². The highest BCUT2D eigenvalue weighted by Gasteiger charge is 2.31. The number of hydrogen-bond donors (Lipinski definition) is 0. The molecule has 0 aromatic heterocycles. The second kappa shape index (κ2) is 8.71. The number of piperazine rings is 1. The molecule has 28 heavy (non-hydrogen) atoms. The first-order chi connectivity index (χ1) is 13.3. The van der Waals surface area contributed by atoms with Gasteiger partial charge in [0, 0.05) is 38.3 Å². The van der Waals surface area contributed by atoms with Crippen LogP contribution in [0.3, 0.4) is 0 Å². The van der Waals surface area contributed by atoms with Crippen molar-refractivity contribution in [2.24, 2.45) is 5.92 Å². The van der Waals surface area contributed by atoms with E-state index in [1.54, 1.807) is 4.90 Å². The molecule has 2 aliphatic heterocycles. The van der Waals surface area contributed by atoms with Crippen LogP contribution in [0.1, 0.15) is 37.0 Å². The zero-order valence-corrected chi connectivity index (χ0v) is 17.5. The second-order valence-corrected chi connectivity index (χ2v) is 9.79. The van der Waals surface area contributed by atoms with Crippen LogP contribution in [0.15, 0.2) is 29.2 Å². The van der Waals surface area contributed by atoms with E-state index in [0.29, 0.717) is 44.2 Å². The molecule has 0 aliphatic carbocycles. The lowest BCUT2D eigenvalue weighted by molar-refractivity contribution is -0.134. The zero-order valence-electron chi connectivity index (χ0n) is 16.6. The maximum Gasteiger partial charge on any atom is 0.243 e. The maximum absolute atomic E-state index is 12.8. The number of Topliss-reactive ketones (excluding diaryl/α,β-unsaturated/α-hetero) is 1. The molecule has 3 rings (SSSR count). The molecular weight excluding hydrogens is 378 g/mol. The molecule has 1 unspecified atom stereocenters. The van der Waals surface area contributed by atoms with Crippen molar-refractivity contribution in [1.82, 2.24) is 14.1 Å². The molecular formula is C20H29N3O4S. The third-order valence-corrected chi connectivity index (χ3v) is 7.50. The van der Waals surface area contributed by atoms with E-state index in [2.05, 4.69) is 11.8 Å². The minimum atomic E-state index is -3.61. The summed E-state index contributed by atoms with van der Waals surface area (Å²) in [4.78, 5) is 28.1. The Morgan fingerprint density at radius 1 is 1.04 bits per heavy atom. The van der Waals surface area contributed by atoms with E-state index in [0.717, 1.165) is 19.5 Å². The summed E-state index contributed by atoms with van der Waals surface area (Å²) in [5, 5.41) is 0. The zero-order chi connectivity index (χ0) is 20.3.